The number of piperazine rings is 1. The second-order valence-corrected chi connectivity index (χ2v) is 5.75. The van der Waals surface area contributed by atoms with Crippen molar-refractivity contribution >= 4 is 11.9 Å². The zero-order valence-electron chi connectivity index (χ0n) is 13.6. The number of hydrogen-bond donors (Lipinski definition) is 1. The monoisotopic (exact) mass is 299 g/mol. The lowest BCUT2D eigenvalue weighted by Crippen LogP contribution is -2.50. The molecule has 6 heteroatoms. The topological polar surface area (TPSA) is 61.9 Å². The van der Waals surface area contributed by atoms with E-state index in [1.54, 1.807) is 0 Å². The maximum Gasteiger partial charge on any atom is 0.305 e. The van der Waals surface area contributed by atoms with Gasteiger partial charge < -0.3 is 15.0 Å². The largest absolute Gasteiger partial charge is 0.466 e. The number of hydrogen-bond acceptors (Lipinski definition) is 5. The highest BCUT2D eigenvalue weighted by Crippen LogP contribution is 2.04. The molecule has 21 heavy (non-hydrogen) atoms. The molecule has 0 aliphatic carbocycles. The van der Waals surface area contributed by atoms with Crippen molar-refractivity contribution in [3.05, 3.63) is 0 Å². The molecule has 1 aliphatic rings. The zero-order chi connectivity index (χ0) is 15.7. The molecule has 0 saturated carbocycles. The van der Waals surface area contributed by atoms with Gasteiger partial charge in [0.05, 0.1) is 13.2 Å². The molecule has 1 N–H and O–H groups in total. The minimum atomic E-state index is -0.110. The third kappa shape index (κ3) is 8.02. The van der Waals surface area contributed by atoms with Crippen LogP contribution in [-0.4, -0.2) is 73.6 Å². The second kappa shape index (κ2) is 9.73. The molecule has 1 amide bonds. The summed E-state index contributed by atoms with van der Waals surface area (Å²) in [6, 6.07) is 0.196. The van der Waals surface area contributed by atoms with Crippen LogP contribution < -0.4 is 5.32 Å². The van der Waals surface area contributed by atoms with Crippen LogP contribution in [0.4, 0.5) is 0 Å². The van der Waals surface area contributed by atoms with E-state index in [9.17, 15) is 9.59 Å². The number of esters is 1. The van der Waals surface area contributed by atoms with E-state index in [1.807, 2.05) is 20.8 Å². The normalized spacial score (nSPS) is 17.0. The Morgan fingerprint density at radius 1 is 1.14 bits per heavy atom. The van der Waals surface area contributed by atoms with Gasteiger partial charge in [0.25, 0.3) is 0 Å². The number of nitrogens with zero attached hydrogens (tertiary/aromatic N) is 2. The van der Waals surface area contributed by atoms with Crippen molar-refractivity contribution in [2.75, 3.05) is 45.9 Å². The fraction of sp³-hybridized carbons (Fsp3) is 0.867. The predicted octanol–water partition coefficient (Wildman–Crippen LogP) is 0.472. The van der Waals surface area contributed by atoms with Gasteiger partial charge in [-0.25, -0.2) is 0 Å². The molecular weight excluding hydrogens is 270 g/mol. The lowest BCUT2D eigenvalue weighted by atomic mass is 10.2. The Bertz CT molecular complexity index is 326. The Labute approximate surface area is 127 Å². The zero-order valence-corrected chi connectivity index (χ0v) is 13.6. The van der Waals surface area contributed by atoms with Crippen molar-refractivity contribution in [3.63, 3.8) is 0 Å². The van der Waals surface area contributed by atoms with Gasteiger partial charge in [-0.2, -0.15) is 0 Å². The SMILES string of the molecule is CCOC(=O)CCCN1CCN(CC(=O)NC(C)C)CC1. The molecule has 0 aromatic carbocycles. The van der Waals surface area contributed by atoms with Crippen molar-refractivity contribution in [1.29, 1.82) is 0 Å². The second-order valence-electron chi connectivity index (χ2n) is 5.75. The van der Waals surface area contributed by atoms with E-state index in [0.29, 0.717) is 19.6 Å². The van der Waals surface area contributed by atoms with Gasteiger partial charge in [0.15, 0.2) is 0 Å². The first-order valence-electron chi connectivity index (χ1n) is 7.91. The molecule has 0 radical (unpaired) electrons. The van der Waals surface area contributed by atoms with Gasteiger partial charge in [-0.05, 0) is 33.7 Å². The molecule has 0 spiro atoms. The molecule has 0 aromatic heterocycles. The maximum atomic E-state index is 11.7. The van der Waals surface area contributed by atoms with Crippen LogP contribution in [0.3, 0.4) is 0 Å². The van der Waals surface area contributed by atoms with Crippen LogP contribution in [0.2, 0.25) is 0 Å². The summed E-state index contributed by atoms with van der Waals surface area (Å²) < 4.78 is 4.91. The molecule has 0 aromatic rings. The number of carbonyl (C=O) groups is 2. The quantitative estimate of drug-likeness (QED) is 0.660. The molecule has 1 aliphatic heterocycles. The van der Waals surface area contributed by atoms with E-state index in [2.05, 4.69) is 15.1 Å². The molecule has 1 saturated heterocycles. The van der Waals surface area contributed by atoms with Gasteiger partial charge in [-0.15, -0.1) is 0 Å². The van der Waals surface area contributed by atoms with Gasteiger partial charge >= 0.3 is 5.97 Å². The first kappa shape index (κ1) is 17.9. The Morgan fingerprint density at radius 3 is 2.33 bits per heavy atom. The summed E-state index contributed by atoms with van der Waals surface area (Å²) in [4.78, 5) is 27.5. The van der Waals surface area contributed by atoms with E-state index in [1.165, 1.54) is 0 Å². The summed E-state index contributed by atoms with van der Waals surface area (Å²) in [5, 5.41) is 2.91. The average Bonchev–Trinajstić information content (AvgIpc) is 2.40. The van der Waals surface area contributed by atoms with Crippen molar-refractivity contribution in [3.8, 4) is 0 Å². The van der Waals surface area contributed by atoms with Crippen molar-refractivity contribution < 1.29 is 14.3 Å². The molecule has 0 bridgehead atoms. The first-order chi connectivity index (χ1) is 10.0. The van der Waals surface area contributed by atoms with E-state index in [-0.39, 0.29) is 17.9 Å². The van der Waals surface area contributed by atoms with Crippen molar-refractivity contribution in [2.24, 2.45) is 0 Å². The Kier molecular flexibility index (Phi) is 8.30. The third-order valence-corrected chi connectivity index (χ3v) is 3.44. The van der Waals surface area contributed by atoms with Crippen molar-refractivity contribution in [2.45, 2.75) is 39.7 Å². The molecule has 1 heterocycles. The highest BCUT2D eigenvalue weighted by molar-refractivity contribution is 5.78. The number of carbonyl (C=O) groups excluding carboxylic acids is 2. The van der Waals surface area contributed by atoms with Crippen LogP contribution in [0.5, 0.6) is 0 Å². The summed E-state index contributed by atoms with van der Waals surface area (Å²) in [6.45, 7) is 11.4. The van der Waals surface area contributed by atoms with Crippen molar-refractivity contribution in [1.82, 2.24) is 15.1 Å². The summed E-state index contributed by atoms with van der Waals surface area (Å²) in [7, 11) is 0. The van der Waals surface area contributed by atoms with Gasteiger partial charge in [0.1, 0.15) is 0 Å². The van der Waals surface area contributed by atoms with Gasteiger partial charge in [0.2, 0.25) is 5.91 Å². The van der Waals surface area contributed by atoms with E-state index >= 15 is 0 Å². The summed E-state index contributed by atoms with van der Waals surface area (Å²) >= 11 is 0. The van der Waals surface area contributed by atoms with Crippen LogP contribution in [0, 0.1) is 0 Å². The van der Waals surface area contributed by atoms with Crippen LogP contribution in [0.15, 0.2) is 0 Å². The average molecular weight is 299 g/mol. The Balaban J connectivity index is 2.12. The van der Waals surface area contributed by atoms with Crippen LogP contribution >= 0.6 is 0 Å². The molecular formula is C15H29N3O3. The van der Waals surface area contributed by atoms with E-state index in [0.717, 1.165) is 39.1 Å². The van der Waals surface area contributed by atoms with E-state index in [4.69, 9.17) is 4.74 Å². The highest BCUT2D eigenvalue weighted by atomic mass is 16.5. The minimum absolute atomic E-state index is 0.0979. The molecule has 0 unspecified atom stereocenters. The van der Waals surface area contributed by atoms with Crippen LogP contribution in [0.1, 0.15) is 33.6 Å². The van der Waals surface area contributed by atoms with Gasteiger partial charge in [-0.3, -0.25) is 14.5 Å². The van der Waals surface area contributed by atoms with Crippen LogP contribution in [-0.2, 0) is 14.3 Å². The summed E-state index contributed by atoms with van der Waals surface area (Å²) in [6.07, 6.45) is 1.33. The molecule has 122 valence electrons. The standard InChI is InChI=1S/C15H29N3O3/c1-4-21-15(20)6-5-7-17-8-10-18(11-9-17)12-14(19)16-13(2)3/h13H,4-12H2,1-3H3,(H,16,19). The summed E-state index contributed by atoms with van der Waals surface area (Å²) in [5.41, 5.74) is 0. The number of nitrogens with one attached hydrogen (secondary N) is 1. The lowest BCUT2D eigenvalue weighted by molar-refractivity contribution is -0.143. The highest BCUT2D eigenvalue weighted by Gasteiger charge is 2.19. The summed E-state index contributed by atoms with van der Waals surface area (Å²) in [5.74, 6) is -0.0118. The van der Waals surface area contributed by atoms with Gasteiger partial charge in [-0.1, -0.05) is 0 Å². The first-order valence-corrected chi connectivity index (χ1v) is 7.91. The smallest absolute Gasteiger partial charge is 0.305 e. The Hall–Kier alpha value is -1.14. The molecule has 0 atom stereocenters. The Morgan fingerprint density at radius 2 is 1.76 bits per heavy atom. The number of amides is 1. The third-order valence-electron chi connectivity index (χ3n) is 3.44. The number of ether oxygens (including phenoxy) is 1. The van der Waals surface area contributed by atoms with Crippen LogP contribution in [0.25, 0.3) is 0 Å². The number of rotatable bonds is 8. The fourth-order valence-electron chi connectivity index (χ4n) is 2.42. The maximum absolute atomic E-state index is 11.7. The molecule has 1 fully saturated rings. The fourth-order valence-corrected chi connectivity index (χ4v) is 2.42. The lowest BCUT2D eigenvalue weighted by Gasteiger charge is -2.34. The predicted molar refractivity (Wildman–Crippen MR) is 82.0 cm³/mol. The molecule has 1 rings (SSSR count). The molecule has 6 nitrogen and oxygen atoms in total. The van der Waals surface area contributed by atoms with E-state index < -0.39 is 0 Å². The minimum Gasteiger partial charge on any atom is -0.466 e. The van der Waals surface area contributed by atoms with Gasteiger partial charge in [0, 0.05) is 38.6 Å².